The third-order valence-corrected chi connectivity index (χ3v) is 3.01. The number of hydrogen-bond acceptors (Lipinski definition) is 1. The second-order valence-corrected chi connectivity index (χ2v) is 4.50. The van der Waals surface area contributed by atoms with Crippen LogP contribution in [-0.4, -0.2) is 0 Å². The lowest BCUT2D eigenvalue weighted by atomic mass is 10.1. The Morgan fingerprint density at radius 3 is 1.89 bits per heavy atom. The van der Waals surface area contributed by atoms with Crippen molar-refractivity contribution >= 4 is 11.4 Å². The Bertz CT molecular complexity index is 571. The van der Waals surface area contributed by atoms with Gasteiger partial charge in [0.25, 0.3) is 0 Å². The van der Waals surface area contributed by atoms with Crippen molar-refractivity contribution in [2.45, 2.75) is 20.0 Å². The summed E-state index contributed by atoms with van der Waals surface area (Å²) in [6.07, 6.45) is -4.29. The van der Waals surface area contributed by atoms with Gasteiger partial charge in [0.1, 0.15) is 0 Å². The van der Waals surface area contributed by atoms with Crippen molar-refractivity contribution in [3.63, 3.8) is 0 Å². The molecular weight excluding hydrogens is 251 g/mol. The second kappa shape index (κ2) is 4.96. The average molecular weight is 265 g/mol. The van der Waals surface area contributed by atoms with Gasteiger partial charge in [0, 0.05) is 11.4 Å². The first-order valence-electron chi connectivity index (χ1n) is 5.88. The van der Waals surface area contributed by atoms with Gasteiger partial charge < -0.3 is 5.32 Å². The molecule has 0 aromatic heterocycles. The van der Waals surface area contributed by atoms with Crippen molar-refractivity contribution in [3.05, 3.63) is 59.2 Å². The van der Waals surface area contributed by atoms with Crippen LogP contribution in [-0.2, 0) is 6.18 Å². The smallest absolute Gasteiger partial charge is 0.356 e. The molecule has 0 unspecified atom stereocenters. The summed E-state index contributed by atoms with van der Waals surface area (Å²) in [5.74, 6) is 0. The molecule has 0 saturated heterocycles. The molecule has 0 fully saturated rings. The Hall–Kier alpha value is -1.97. The molecule has 0 aliphatic carbocycles. The monoisotopic (exact) mass is 265 g/mol. The number of anilines is 2. The fourth-order valence-corrected chi connectivity index (χ4v) is 1.73. The Morgan fingerprint density at radius 2 is 1.37 bits per heavy atom. The maximum Gasteiger partial charge on any atom is 0.416 e. The van der Waals surface area contributed by atoms with Crippen LogP contribution in [0.5, 0.6) is 0 Å². The molecule has 0 amide bonds. The third-order valence-electron chi connectivity index (χ3n) is 3.01. The number of rotatable bonds is 2. The van der Waals surface area contributed by atoms with Crippen molar-refractivity contribution in [2.24, 2.45) is 0 Å². The van der Waals surface area contributed by atoms with Gasteiger partial charge in [-0.1, -0.05) is 6.07 Å². The van der Waals surface area contributed by atoms with Crippen molar-refractivity contribution < 1.29 is 13.2 Å². The van der Waals surface area contributed by atoms with Gasteiger partial charge in [0.15, 0.2) is 0 Å². The number of benzene rings is 2. The minimum Gasteiger partial charge on any atom is -0.356 e. The maximum absolute atomic E-state index is 12.4. The van der Waals surface area contributed by atoms with Crippen LogP contribution in [0.25, 0.3) is 0 Å². The van der Waals surface area contributed by atoms with Crippen molar-refractivity contribution in [2.75, 3.05) is 5.32 Å². The van der Waals surface area contributed by atoms with E-state index in [-0.39, 0.29) is 0 Å². The number of halogens is 3. The molecule has 0 aliphatic rings. The minimum atomic E-state index is -4.29. The molecule has 1 nitrogen and oxygen atoms in total. The number of hydrogen-bond donors (Lipinski definition) is 1. The van der Waals surface area contributed by atoms with E-state index < -0.39 is 11.7 Å². The highest BCUT2D eigenvalue weighted by Gasteiger charge is 2.29. The van der Waals surface area contributed by atoms with Crippen molar-refractivity contribution in [1.82, 2.24) is 0 Å². The summed E-state index contributed by atoms with van der Waals surface area (Å²) in [6, 6.07) is 10.8. The third kappa shape index (κ3) is 3.28. The Balaban J connectivity index is 2.17. The van der Waals surface area contributed by atoms with Crippen LogP contribution in [0.15, 0.2) is 42.5 Å². The van der Waals surface area contributed by atoms with Gasteiger partial charge in [-0.05, 0) is 61.4 Å². The van der Waals surface area contributed by atoms with Gasteiger partial charge >= 0.3 is 6.18 Å². The lowest BCUT2D eigenvalue weighted by Crippen LogP contribution is -2.04. The molecule has 0 bridgehead atoms. The first-order valence-corrected chi connectivity index (χ1v) is 5.88. The molecule has 1 N–H and O–H groups in total. The highest BCUT2D eigenvalue weighted by atomic mass is 19.4. The zero-order valence-corrected chi connectivity index (χ0v) is 10.7. The molecule has 2 rings (SSSR count). The summed E-state index contributed by atoms with van der Waals surface area (Å²) >= 11 is 0. The lowest BCUT2D eigenvalue weighted by Gasteiger charge is -2.10. The summed E-state index contributed by atoms with van der Waals surface area (Å²) in [7, 11) is 0. The highest BCUT2D eigenvalue weighted by Crippen LogP contribution is 2.30. The predicted octanol–water partition coefficient (Wildman–Crippen LogP) is 5.07. The number of nitrogens with one attached hydrogen (secondary N) is 1. The molecule has 0 atom stereocenters. The number of alkyl halides is 3. The normalized spacial score (nSPS) is 11.4. The van der Waals surface area contributed by atoms with Crippen LogP contribution in [0, 0.1) is 13.8 Å². The van der Waals surface area contributed by atoms with E-state index in [9.17, 15) is 13.2 Å². The largest absolute Gasteiger partial charge is 0.416 e. The van der Waals surface area contributed by atoms with Gasteiger partial charge in [-0.2, -0.15) is 13.2 Å². The van der Waals surface area contributed by atoms with Crippen LogP contribution < -0.4 is 5.32 Å². The van der Waals surface area contributed by atoms with Crippen LogP contribution in [0.2, 0.25) is 0 Å². The van der Waals surface area contributed by atoms with Crippen molar-refractivity contribution in [3.8, 4) is 0 Å². The Labute approximate surface area is 110 Å². The maximum atomic E-state index is 12.4. The first kappa shape index (κ1) is 13.5. The minimum absolute atomic E-state index is 0.635. The van der Waals surface area contributed by atoms with Gasteiger partial charge in [-0.3, -0.25) is 0 Å². The Kier molecular flexibility index (Phi) is 3.51. The summed E-state index contributed by atoms with van der Waals surface area (Å²) < 4.78 is 37.3. The van der Waals surface area contributed by atoms with E-state index in [0.717, 1.165) is 23.4 Å². The van der Waals surface area contributed by atoms with E-state index >= 15 is 0 Å². The van der Waals surface area contributed by atoms with Crippen LogP contribution >= 0.6 is 0 Å². The molecule has 19 heavy (non-hydrogen) atoms. The van der Waals surface area contributed by atoms with Crippen molar-refractivity contribution in [1.29, 1.82) is 0 Å². The molecule has 0 aliphatic heterocycles. The number of aryl methyl sites for hydroxylation is 2. The van der Waals surface area contributed by atoms with Gasteiger partial charge in [0.2, 0.25) is 0 Å². The van der Waals surface area contributed by atoms with E-state index in [1.54, 1.807) is 0 Å². The SMILES string of the molecule is Cc1ccc(Nc2ccc(C(F)(F)F)cc2)cc1C. The molecule has 100 valence electrons. The molecule has 2 aromatic rings. The van der Waals surface area contributed by atoms with E-state index in [1.165, 1.54) is 17.7 Å². The fourth-order valence-electron chi connectivity index (χ4n) is 1.73. The predicted molar refractivity (Wildman–Crippen MR) is 70.6 cm³/mol. The zero-order chi connectivity index (χ0) is 14.0. The van der Waals surface area contributed by atoms with E-state index in [4.69, 9.17) is 0 Å². The van der Waals surface area contributed by atoms with Crippen LogP contribution in [0.1, 0.15) is 16.7 Å². The summed E-state index contributed by atoms with van der Waals surface area (Å²) in [5, 5.41) is 3.08. The molecule has 0 heterocycles. The zero-order valence-electron chi connectivity index (χ0n) is 10.7. The molecule has 0 radical (unpaired) electrons. The van der Waals surface area contributed by atoms with Crippen LogP contribution in [0.4, 0.5) is 24.5 Å². The molecule has 4 heteroatoms. The molecule has 0 spiro atoms. The van der Waals surface area contributed by atoms with Gasteiger partial charge in [0.05, 0.1) is 5.56 Å². The topological polar surface area (TPSA) is 12.0 Å². The quantitative estimate of drug-likeness (QED) is 0.799. The molecular formula is C15H14F3N. The Morgan fingerprint density at radius 1 is 0.789 bits per heavy atom. The lowest BCUT2D eigenvalue weighted by molar-refractivity contribution is -0.137. The van der Waals surface area contributed by atoms with Gasteiger partial charge in [-0.15, -0.1) is 0 Å². The van der Waals surface area contributed by atoms with E-state index in [1.807, 2.05) is 32.0 Å². The summed E-state index contributed by atoms with van der Waals surface area (Å²) in [6.45, 7) is 4.00. The average Bonchev–Trinajstić information content (AvgIpc) is 2.33. The van der Waals surface area contributed by atoms with Gasteiger partial charge in [-0.25, -0.2) is 0 Å². The summed E-state index contributed by atoms with van der Waals surface area (Å²) in [4.78, 5) is 0. The van der Waals surface area contributed by atoms with E-state index in [2.05, 4.69) is 5.32 Å². The second-order valence-electron chi connectivity index (χ2n) is 4.50. The summed E-state index contributed by atoms with van der Waals surface area (Å²) in [5.41, 5.74) is 3.17. The van der Waals surface area contributed by atoms with E-state index in [0.29, 0.717) is 5.69 Å². The van der Waals surface area contributed by atoms with Crippen LogP contribution in [0.3, 0.4) is 0 Å². The molecule has 0 saturated carbocycles. The molecule has 2 aromatic carbocycles. The standard InChI is InChI=1S/C15H14F3N/c1-10-3-6-14(9-11(10)2)19-13-7-4-12(5-8-13)15(16,17)18/h3-9,19H,1-2H3. The first-order chi connectivity index (χ1) is 8.86. The fraction of sp³-hybridized carbons (Fsp3) is 0.200. The highest BCUT2D eigenvalue weighted by molar-refractivity contribution is 5.61.